The van der Waals surface area contributed by atoms with Gasteiger partial charge in [-0.3, -0.25) is 4.79 Å². The fraction of sp³-hybridized carbons (Fsp3) is 0.261. The number of hydrogen-bond donors (Lipinski definition) is 0. The maximum absolute atomic E-state index is 13.6. The summed E-state index contributed by atoms with van der Waals surface area (Å²) in [6.07, 6.45) is 0. The second-order valence-corrected chi connectivity index (χ2v) is 7.37. The SMILES string of the molecule is Cc1ccc(-c2ccc(N3CCN(C(=O)COc4ccc(F)cc4F)CC3)nn2)cc1. The molecule has 4 rings (SSSR count). The standard InChI is InChI=1S/C23H22F2N4O2/c1-16-2-4-17(5-3-16)20-7-9-22(27-26-20)28-10-12-29(13-11-28)23(30)15-31-21-8-6-18(24)14-19(21)25/h2-9,14H,10-13,15H2,1H3. The van der Waals surface area contributed by atoms with Gasteiger partial charge in [0.1, 0.15) is 5.82 Å². The number of rotatable bonds is 5. The fourth-order valence-electron chi connectivity index (χ4n) is 3.38. The minimum absolute atomic E-state index is 0.141. The molecule has 0 radical (unpaired) electrons. The Hall–Kier alpha value is -3.55. The Morgan fingerprint density at radius 1 is 0.968 bits per heavy atom. The minimum atomic E-state index is -0.828. The molecule has 8 heteroatoms. The van der Waals surface area contributed by atoms with Gasteiger partial charge in [-0.1, -0.05) is 29.8 Å². The lowest BCUT2D eigenvalue weighted by Gasteiger charge is -2.35. The van der Waals surface area contributed by atoms with Crippen LogP contribution in [0.15, 0.2) is 54.6 Å². The number of halogens is 2. The van der Waals surface area contributed by atoms with Crippen LogP contribution in [-0.4, -0.2) is 53.8 Å². The summed E-state index contributed by atoms with van der Waals surface area (Å²) >= 11 is 0. The molecule has 0 unspecified atom stereocenters. The van der Waals surface area contributed by atoms with E-state index in [0.717, 1.165) is 29.2 Å². The molecule has 1 amide bonds. The number of benzene rings is 2. The third kappa shape index (κ3) is 4.96. The molecule has 0 bridgehead atoms. The first kappa shape index (κ1) is 20.7. The van der Waals surface area contributed by atoms with Gasteiger partial charge in [0.05, 0.1) is 5.69 Å². The molecule has 0 aliphatic carbocycles. The van der Waals surface area contributed by atoms with E-state index in [-0.39, 0.29) is 18.3 Å². The van der Waals surface area contributed by atoms with E-state index in [1.54, 1.807) is 4.90 Å². The second-order valence-electron chi connectivity index (χ2n) is 7.37. The Bertz CT molecular complexity index is 1050. The third-order valence-corrected chi connectivity index (χ3v) is 5.20. The summed E-state index contributed by atoms with van der Waals surface area (Å²) in [6, 6.07) is 15.0. The average Bonchev–Trinajstić information content (AvgIpc) is 2.79. The molecule has 1 aliphatic rings. The molecule has 1 saturated heterocycles. The lowest BCUT2D eigenvalue weighted by Crippen LogP contribution is -2.50. The first-order valence-corrected chi connectivity index (χ1v) is 10.0. The molecule has 31 heavy (non-hydrogen) atoms. The number of ether oxygens (including phenoxy) is 1. The van der Waals surface area contributed by atoms with E-state index in [2.05, 4.69) is 15.1 Å². The Morgan fingerprint density at radius 2 is 1.71 bits per heavy atom. The normalized spacial score (nSPS) is 13.9. The van der Waals surface area contributed by atoms with Gasteiger partial charge in [0.25, 0.3) is 5.91 Å². The van der Waals surface area contributed by atoms with Crippen molar-refractivity contribution in [3.8, 4) is 17.0 Å². The summed E-state index contributed by atoms with van der Waals surface area (Å²) in [5.41, 5.74) is 3.01. The number of piperazine rings is 1. The monoisotopic (exact) mass is 424 g/mol. The maximum atomic E-state index is 13.6. The molecule has 0 atom stereocenters. The van der Waals surface area contributed by atoms with Crippen LogP contribution in [0, 0.1) is 18.6 Å². The molecule has 1 aliphatic heterocycles. The smallest absolute Gasteiger partial charge is 0.260 e. The van der Waals surface area contributed by atoms with Gasteiger partial charge < -0.3 is 14.5 Å². The highest BCUT2D eigenvalue weighted by Gasteiger charge is 2.23. The molecule has 2 aromatic carbocycles. The van der Waals surface area contributed by atoms with Crippen LogP contribution in [0.3, 0.4) is 0 Å². The van der Waals surface area contributed by atoms with Crippen LogP contribution in [0.1, 0.15) is 5.56 Å². The van der Waals surface area contributed by atoms with Crippen molar-refractivity contribution in [3.63, 3.8) is 0 Å². The Labute approximate surface area is 179 Å². The van der Waals surface area contributed by atoms with Crippen LogP contribution in [-0.2, 0) is 4.79 Å². The topological polar surface area (TPSA) is 58.6 Å². The molecule has 160 valence electrons. The minimum Gasteiger partial charge on any atom is -0.481 e. The lowest BCUT2D eigenvalue weighted by atomic mass is 10.1. The quantitative estimate of drug-likeness (QED) is 0.628. The van der Waals surface area contributed by atoms with E-state index < -0.39 is 11.6 Å². The highest BCUT2D eigenvalue weighted by Crippen LogP contribution is 2.20. The van der Waals surface area contributed by atoms with Gasteiger partial charge >= 0.3 is 0 Å². The Kier molecular flexibility index (Phi) is 6.06. The van der Waals surface area contributed by atoms with Crippen molar-refractivity contribution in [1.82, 2.24) is 15.1 Å². The van der Waals surface area contributed by atoms with E-state index in [9.17, 15) is 13.6 Å². The molecule has 3 aromatic rings. The number of hydrogen-bond acceptors (Lipinski definition) is 5. The summed E-state index contributed by atoms with van der Waals surface area (Å²) in [6.45, 7) is 3.94. The van der Waals surface area contributed by atoms with Gasteiger partial charge in [-0.25, -0.2) is 8.78 Å². The highest BCUT2D eigenvalue weighted by molar-refractivity contribution is 5.78. The average molecular weight is 424 g/mol. The number of aromatic nitrogens is 2. The van der Waals surface area contributed by atoms with Gasteiger partial charge in [-0.05, 0) is 31.2 Å². The van der Waals surface area contributed by atoms with Gasteiger partial charge in [0.15, 0.2) is 24.0 Å². The van der Waals surface area contributed by atoms with Crippen LogP contribution < -0.4 is 9.64 Å². The van der Waals surface area contributed by atoms with E-state index in [1.165, 1.54) is 11.6 Å². The van der Waals surface area contributed by atoms with Crippen molar-refractivity contribution in [2.75, 3.05) is 37.7 Å². The first-order chi connectivity index (χ1) is 15.0. The summed E-state index contributed by atoms with van der Waals surface area (Å²) in [7, 11) is 0. The van der Waals surface area contributed by atoms with Gasteiger partial charge in [0.2, 0.25) is 0 Å². The van der Waals surface area contributed by atoms with Crippen molar-refractivity contribution >= 4 is 11.7 Å². The molecule has 1 aromatic heterocycles. The second kappa shape index (κ2) is 9.07. The van der Waals surface area contributed by atoms with Gasteiger partial charge in [-0.15, -0.1) is 10.2 Å². The van der Waals surface area contributed by atoms with E-state index >= 15 is 0 Å². The van der Waals surface area contributed by atoms with Crippen LogP contribution in [0.5, 0.6) is 5.75 Å². The van der Waals surface area contributed by atoms with Crippen LogP contribution in [0.4, 0.5) is 14.6 Å². The van der Waals surface area contributed by atoms with Gasteiger partial charge in [0, 0.05) is 37.8 Å². The maximum Gasteiger partial charge on any atom is 0.260 e. The van der Waals surface area contributed by atoms with Crippen molar-refractivity contribution < 1.29 is 18.3 Å². The van der Waals surface area contributed by atoms with Crippen molar-refractivity contribution in [3.05, 3.63) is 71.8 Å². The summed E-state index contributed by atoms with van der Waals surface area (Å²) in [4.78, 5) is 16.1. The number of anilines is 1. The van der Waals surface area contributed by atoms with Crippen LogP contribution in [0.25, 0.3) is 11.3 Å². The number of carbonyl (C=O) groups is 1. The molecule has 0 spiro atoms. The summed E-state index contributed by atoms with van der Waals surface area (Å²) in [5, 5.41) is 8.67. The highest BCUT2D eigenvalue weighted by atomic mass is 19.1. The Morgan fingerprint density at radius 3 is 2.35 bits per heavy atom. The predicted octanol–water partition coefficient (Wildman–Crippen LogP) is 3.46. The molecule has 0 N–H and O–H groups in total. The summed E-state index contributed by atoms with van der Waals surface area (Å²) in [5.74, 6) is -1.15. The molecule has 0 saturated carbocycles. The molecular formula is C23H22F2N4O2. The van der Waals surface area contributed by atoms with Crippen molar-refractivity contribution in [1.29, 1.82) is 0 Å². The predicted molar refractivity (Wildman–Crippen MR) is 113 cm³/mol. The molecular weight excluding hydrogens is 402 g/mol. The third-order valence-electron chi connectivity index (χ3n) is 5.20. The summed E-state index contributed by atoms with van der Waals surface area (Å²) < 4.78 is 31.8. The first-order valence-electron chi connectivity index (χ1n) is 10.0. The zero-order valence-corrected chi connectivity index (χ0v) is 17.1. The van der Waals surface area contributed by atoms with E-state index in [4.69, 9.17) is 4.74 Å². The van der Waals surface area contributed by atoms with Crippen molar-refractivity contribution in [2.45, 2.75) is 6.92 Å². The number of nitrogens with zero attached hydrogens (tertiary/aromatic N) is 4. The number of aryl methyl sites for hydroxylation is 1. The molecule has 6 nitrogen and oxygen atoms in total. The molecule has 1 fully saturated rings. The largest absolute Gasteiger partial charge is 0.481 e. The fourth-order valence-corrected chi connectivity index (χ4v) is 3.38. The van der Waals surface area contributed by atoms with Crippen LogP contribution >= 0.6 is 0 Å². The van der Waals surface area contributed by atoms with Crippen LogP contribution in [0.2, 0.25) is 0 Å². The zero-order chi connectivity index (χ0) is 21.8. The Balaban J connectivity index is 1.29. The zero-order valence-electron chi connectivity index (χ0n) is 17.1. The number of carbonyl (C=O) groups excluding carboxylic acids is 1. The van der Waals surface area contributed by atoms with Crippen molar-refractivity contribution in [2.24, 2.45) is 0 Å². The molecule has 2 heterocycles. The van der Waals surface area contributed by atoms with E-state index in [0.29, 0.717) is 26.2 Å². The number of amides is 1. The van der Waals surface area contributed by atoms with E-state index in [1.807, 2.05) is 43.3 Å². The van der Waals surface area contributed by atoms with Gasteiger partial charge in [-0.2, -0.15) is 0 Å². The lowest BCUT2D eigenvalue weighted by molar-refractivity contribution is -0.133.